The quantitative estimate of drug-likeness (QED) is 0.773. The number of aliphatic carboxylic acids is 1. The molecular weight excluding hydrogens is 294 g/mol. The maximum atomic E-state index is 11.8. The lowest BCUT2D eigenvalue weighted by atomic mass is 9.87. The second kappa shape index (κ2) is 5.28. The molecular formula is C14H15NO7. The van der Waals surface area contributed by atoms with Crippen LogP contribution < -0.4 is 24.3 Å². The lowest BCUT2D eigenvalue weighted by Crippen LogP contribution is -2.26. The highest BCUT2D eigenvalue weighted by atomic mass is 16.7. The average molecular weight is 309 g/mol. The maximum Gasteiger partial charge on any atom is 0.316 e. The average Bonchev–Trinajstić information content (AvgIpc) is 3.11. The van der Waals surface area contributed by atoms with Gasteiger partial charge in [-0.15, -0.1) is 0 Å². The van der Waals surface area contributed by atoms with Crippen molar-refractivity contribution in [3.8, 4) is 23.0 Å². The highest BCUT2D eigenvalue weighted by molar-refractivity contribution is 6.00. The molecule has 2 aliphatic rings. The van der Waals surface area contributed by atoms with E-state index in [0.717, 1.165) is 0 Å². The van der Waals surface area contributed by atoms with Gasteiger partial charge >= 0.3 is 5.97 Å². The summed E-state index contributed by atoms with van der Waals surface area (Å²) in [5.41, 5.74) is 0.536. The van der Waals surface area contributed by atoms with Crippen LogP contribution in [0.15, 0.2) is 6.07 Å². The number of carbonyl (C=O) groups excluding carboxylic acids is 1. The van der Waals surface area contributed by atoms with Gasteiger partial charge in [-0.05, 0) is 6.07 Å². The summed E-state index contributed by atoms with van der Waals surface area (Å²) in [5.74, 6) is -1.92. The summed E-state index contributed by atoms with van der Waals surface area (Å²) in [6.45, 7) is 0.227. The molecule has 1 saturated heterocycles. The predicted molar refractivity (Wildman–Crippen MR) is 72.5 cm³/mol. The SMILES string of the molecule is COc1cc([C@H]2CNC(=O)[C@H]2C(=O)O)c(OC)c2c1OCO2. The lowest BCUT2D eigenvalue weighted by molar-refractivity contribution is -0.145. The van der Waals surface area contributed by atoms with E-state index < -0.39 is 23.7 Å². The van der Waals surface area contributed by atoms with Gasteiger partial charge in [-0.1, -0.05) is 0 Å². The number of rotatable bonds is 4. The molecule has 8 nitrogen and oxygen atoms in total. The predicted octanol–water partition coefficient (Wildman–Crippen LogP) is 0.347. The van der Waals surface area contributed by atoms with E-state index in [1.54, 1.807) is 6.07 Å². The second-order valence-electron chi connectivity index (χ2n) is 4.93. The monoisotopic (exact) mass is 309 g/mol. The highest BCUT2D eigenvalue weighted by Gasteiger charge is 2.44. The third kappa shape index (κ3) is 1.99. The zero-order valence-electron chi connectivity index (χ0n) is 12.0. The molecule has 1 fully saturated rings. The van der Waals surface area contributed by atoms with Crippen molar-refractivity contribution in [3.05, 3.63) is 11.6 Å². The van der Waals surface area contributed by atoms with Crippen molar-refractivity contribution in [1.29, 1.82) is 0 Å². The molecule has 0 saturated carbocycles. The molecule has 1 amide bonds. The molecule has 2 aliphatic heterocycles. The normalized spacial score (nSPS) is 22.4. The molecule has 0 aromatic heterocycles. The van der Waals surface area contributed by atoms with E-state index in [4.69, 9.17) is 18.9 Å². The van der Waals surface area contributed by atoms with E-state index >= 15 is 0 Å². The Morgan fingerprint density at radius 1 is 1.32 bits per heavy atom. The van der Waals surface area contributed by atoms with Crippen molar-refractivity contribution in [3.63, 3.8) is 0 Å². The first-order valence-corrected chi connectivity index (χ1v) is 6.63. The highest BCUT2D eigenvalue weighted by Crippen LogP contribution is 2.52. The molecule has 0 aliphatic carbocycles. The van der Waals surface area contributed by atoms with Gasteiger partial charge in [0.25, 0.3) is 0 Å². The molecule has 2 heterocycles. The van der Waals surface area contributed by atoms with Crippen LogP contribution in [-0.2, 0) is 9.59 Å². The standard InChI is InChI=1S/C14H15NO7/c1-19-8-3-6(7-4-15-13(16)9(7)14(17)18)10(20-2)12-11(8)21-5-22-12/h3,7,9H,4-5H2,1-2H3,(H,15,16)(H,17,18)/t7-,9+/m1/s1. The van der Waals surface area contributed by atoms with Crippen LogP contribution in [0.2, 0.25) is 0 Å². The zero-order chi connectivity index (χ0) is 15.9. The Balaban J connectivity index is 2.14. The van der Waals surface area contributed by atoms with Gasteiger partial charge < -0.3 is 29.4 Å². The van der Waals surface area contributed by atoms with Gasteiger partial charge in [0.2, 0.25) is 24.2 Å². The minimum Gasteiger partial charge on any atom is -0.493 e. The van der Waals surface area contributed by atoms with Gasteiger partial charge in [-0.3, -0.25) is 9.59 Å². The van der Waals surface area contributed by atoms with Crippen molar-refractivity contribution in [2.75, 3.05) is 27.6 Å². The number of hydrogen-bond donors (Lipinski definition) is 2. The summed E-state index contributed by atoms with van der Waals surface area (Å²) in [5, 5.41) is 11.9. The van der Waals surface area contributed by atoms with Crippen molar-refractivity contribution >= 4 is 11.9 Å². The maximum absolute atomic E-state index is 11.8. The van der Waals surface area contributed by atoms with E-state index in [0.29, 0.717) is 28.6 Å². The topological polar surface area (TPSA) is 103 Å². The van der Waals surface area contributed by atoms with Crippen LogP contribution in [0, 0.1) is 5.92 Å². The molecule has 3 rings (SSSR count). The number of carbonyl (C=O) groups is 2. The van der Waals surface area contributed by atoms with Crippen LogP contribution in [0.5, 0.6) is 23.0 Å². The van der Waals surface area contributed by atoms with Crippen molar-refractivity contribution < 1.29 is 33.6 Å². The number of carboxylic acid groups (broad SMARTS) is 1. The molecule has 0 unspecified atom stereocenters. The number of methoxy groups -OCH3 is 2. The van der Waals surface area contributed by atoms with Crippen LogP contribution >= 0.6 is 0 Å². The Bertz CT molecular complexity index is 643. The molecule has 0 bridgehead atoms. The van der Waals surface area contributed by atoms with Crippen LogP contribution in [0.1, 0.15) is 11.5 Å². The zero-order valence-corrected chi connectivity index (χ0v) is 12.0. The van der Waals surface area contributed by atoms with Gasteiger partial charge in [0, 0.05) is 18.0 Å². The summed E-state index contributed by atoms with van der Waals surface area (Å²) in [4.78, 5) is 23.2. The molecule has 22 heavy (non-hydrogen) atoms. The fourth-order valence-electron chi connectivity index (χ4n) is 2.87. The van der Waals surface area contributed by atoms with Gasteiger partial charge in [0.15, 0.2) is 11.5 Å². The van der Waals surface area contributed by atoms with E-state index in [1.807, 2.05) is 0 Å². The third-order valence-corrected chi connectivity index (χ3v) is 3.86. The molecule has 118 valence electrons. The molecule has 1 aromatic rings. The molecule has 0 spiro atoms. The number of hydrogen-bond acceptors (Lipinski definition) is 6. The summed E-state index contributed by atoms with van der Waals surface area (Å²) >= 11 is 0. The number of amides is 1. The number of fused-ring (bicyclic) bond motifs is 1. The Kier molecular flexibility index (Phi) is 3.44. The van der Waals surface area contributed by atoms with E-state index in [2.05, 4.69) is 5.32 Å². The van der Waals surface area contributed by atoms with E-state index in [9.17, 15) is 14.7 Å². The van der Waals surface area contributed by atoms with Crippen LogP contribution in [0.3, 0.4) is 0 Å². The number of ether oxygens (including phenoxy) is 4. The first kappa shape index (κ1) is 14.3. The largest absolute Gasteiger partial charge is 0.493 e. The Morgan fingerprint density at radius 3 is 2.68 bits per heavy atom. The molecule has 1 aromatic carbocycles. The molecule has 0 radical (unpaired) electrons. The van der Waals surface area contributed by atoms with Gasteiger partial charge in [0.05, 0.1) is 14.2 Å². The van der Waals surface area contributed by atoms with Gasteiger partial charge in [-0.25, -0.2) is 0 Å². The third-order valence-electron chi connectivity index (χ3n) is 3.86. The summed E-state index contributed by atoms with van der Waals surface area (Å²) < 4.78 is 21.4. The fraction of sp³-hybridized carbons (Fsp3) is 0.429. The fourth-order valence-corrected chi connectivity index (χ4v) is 2.87. The number of benzene rings is 1. The number of nitrogens with one attached hydrogen (secondary N) is 1. The lowest BCUT2D eigenvalue weighted by Gasteiger charge is -2.19. The van der Waals surface area contributed by atoms with Crippen molar-refractivity contribution in [2.45, 2.75) is 5.92 Å². The van der Waals surface area contributed by atoms with Crippen molar-refractivity contribution in [2.24, 2.45) is 5.92 Å². The van der Waals surface area contributed by atoms with Crippen molar-refractivity contribution in [1.82, 2.24) is 5.32 Å². The Morgan fingerprint density at radius 2 is 2.05 bits per heavy atom. The summed E-state index contributed by atoms with van der Waals surface area (Å²) in [6.07, 6.45) is 0. The first-order chi connectivity index (χ1) is 10.6. The smallest absolute Gasteiger partial charge is 0.316 e. The van der Waals surface area contributed by atoms with Crippen LogP contribution in [0.4, 0.5) is 0 Å². The summed E-state index contributed by atoms with van der Waals surface area (Å²) in [6, 6.07) is 1.63. The van der Waals surface area contributed by atoms with Gasteiger partial charge in [0.1, 0.15) is 5.92 Å². The van der Waals surface area contributed by atoms with E-state index in [-0.39, 0.29) is 13.3 Å². The van der Waals surface area contributed by atoms with Crippen LogP contribution in [-0.4, -0.2) is 44.5 Å². The van der Waals surface area contributed by atoms with E-state index in [1.165, 1.54) is 14.2 Å². The first-order valence-electron chi connectivity index (χ1n) is 6.63. The second-order valence-corrected chi connectivity index (χ2v) is 4.93. The van der Waals surface area contributed by atoms with Gasteiger partial charge in [-0.2, -0.15) is 0 Å². The minimum atomic E-state index is -1.18. The Hall–Kier alpha value is -2.64. The van der Waals surface area contributed by atoms with Crippen LogP contribution in [0.25, 0.3) is 0 Å². The summed E-state index contributed by atoms with van der Waals surface area (Å²) in [7, 11) is 2.92. The minimum absolute atomic E-state index is 0.0235. The molecule has 2 N–H and O–H groups in total. The molecule has 8 heteroatoms. The Labute approximate surface area is 125 Å². The molecule has 2 atom stereocenters. The number of carboxylic acids is 1.